The summed E-state index contributed by atoms with van der Waals surface area (Å²) in [4.78, 5) is 11.1. The Morgan fingerprint density at radius 1 is 1.36 bits per heavy atom. The van der Waals surface area contributed by atoms with Crippen LogP contribution in [0.15, 0.2) is 24.3 Å². The lowest BCUT2D eigenvalue weighted by molar-refractivity contribution is 0.172. The number of hydrogen-bond acceptors (Lipinski definition) is 2. The summed E-state index contributed by atoms with van der Waals surface area (Å²) >= 11 is 0. The fourth-order valence-corrected chi connectivity index (χ4v) is 2.42. The van der Waals surface area contributed by atoms with Crippen LogP contribution in [0.25, 0.3) is 0 Å². The van der Waals surface area contributed by atoms with Crippen molar-refractivity contribution in [2.45, 2.75) is 18.4 Å². The Hall–Kier alpha value is -1.51. The van der Waals surface area contributed by atoms with Crippen molar-refractivity contribution in [2.75, 3.05) is 6.61 Å². The molecule has 0 saturated carbocycles. The summed E-state index contributed by atoms with van der Waals surface area (Å²) in [6.07, 6.45) is 1.69. The van der Waals surface area contributed by atoms with E-state index in [2.05, 4.69) is 17.4 Å². The molecule has 0 radical (unpaired) electrons. The molecular formula is C11H11NO2. The minimum absolute atomic E-state index is 0.228. The zero-order valence-electron chi connectivity index (χ0n) is 7.75. The molecular weight excluding hydrogens is 178 g/mol. The minimum atomic E-state index is -0.290. The van der Waals surface area contributed by atoms with Crippen molar-refractivity contribution in [3.05, 3.63) is 35.4 Å². The average molecular weight is 189 g/mol. The highest BCUT2D eigenvalue weighted by molar-refractivity contribution is 5.72. The van der Waals surface area contributed by atoms with Crippen molar-refractivity contribution >= 4 is 6.09 Å². The fraction of sp³-hybridized carbons (Fsp3) is 0.364. The van der Waals surface area contributed by atoms with Crippen LogP contribution in [-0.4, -0.2) is 12.7 Å². The van der Waals surface area contributed by atoms with Gasteiger partial charge in [0.05, 0.1) is 0 Å². The van der Waals surface area contributed by atoms with Crippen LogP contribution in [-0.2, 0) is 16.7 Å². The highest BCUT2D eigenvalue weighted by Gasteiger charge is 2.45. The molecule has 2 aliphatic rings. The van der Waals surface area contributed by atoms with Gasteiger partial charge in [-0.1, -0.05) is 24.3 Å². The molecule has 3 heteroatoms. The number of nitrogens with one attached hydrogen (secondary N) is 1. The van der Waals surface area contributed by atoms with Gasteiger partial charge in [0.25, 0.3) is 0 Å². The largest absolute Gasteiger partial charge is 0.447 e. The lowest BCUT2D eigenvalue weighted by atomic mass is 9.94. The van der Waals surface area contributed by atoms with Gasteiger partial charge in [0.2, 0.25) is 0 Å². The van der Waals surface area contributed by atoms with Crippen LogP contribution in [0, 0.1) is 0 Å². The van der Waals surface area contributed by atoms with E-state index in [0.29, 0.717) is 6.61 Å². The second-order valence-electron chi connectivity index (χ2n) is 3.94. The third-order valence-electron chi connectivity index (χ3n) is 3.15. The molecule has 1 atom stereocenters. The summed E-state index contributed by atoms with van der Waals surface area (Å²) < 4.78 is 5.00. The maximum absolute atomic E-state index is 11.1. The van der Waals surface area contributed by atoms with Gasteiger partial charge in [-0.15, -0.1) is 0 Å². The Morgan fingerprint density at radius 3 is 3.00 bits per heavy atom. The maximum atomic E-state index is 11.1. The first-order valence-corrected chi connectivity index (χ1v) is 4.83. The first-order chi connectivity index (χ1) is 6.80. The van der Waals surface area contributed by atoms with Gasteiger partial charge in [-0.2, -0.15) is 0 Å². The quantitative estimate of drug-likeness (QED) is 0.672. The Morgan fingerprint density at radius 2 is 2.21 bits per heavy atom. The van der Waals surface area contributed by atoms with Gasteiger partial charge in [-0.3, -0.25) is 0 Å². The Bertz CT molecular complexity index is 402. The topological polar surface area (TPSA) is 38.3 Å². The van der Waals surface area contributed by atoms with E-state index in [0.717, 1.165) is 12.8 Å². The van der Waals surface area contributed by atoms with Crippen LogP contribution in [0.4, 0.5) is 4.79 Å². The SMILES string of the molecule is O=C1NC2(CCc3ccccc32)CO1. The van der Waals surface area contributed by atoms with E-state index in [-0.39, 0.29) is 11.6 Å². The number of ether oxygens (including phenoxy) is 1. The molecule has 3 rings (SSSR count). The molecule has 1 amide bonds. The summed E-state index contributed by atoms with van der Waals surface area (Å²) in [6, 6.07) is 8.25. The average Bonchev–Trinajstić information content (AvgIpc) is 2.75. The molecule has 72 valence electrons. The van der Waals surface area contributed by atoms with E-state index in [1.807, 2.05) is 12.1 Å². The molecule has 1 aliphatic heterocycles. The standard InChI is InChI=1S/C11H11NO2/c13-10-12-11(7-14-10)6-5-8-3-1-2-4-9(8)11/h1-4H,5-7H2,(H,12,13). The molecule has 14 heavy (non-hydrogen) atoms. The first-order valence-electron chi connectivity index (χ1n) is 4.83. The number of alkyl carbamates (subject to hydrolysis) is 1. The number of fused-ring (bicyclic) bond motifs is 2. The summed E-state index contributed by atoms with van der Waals surface area (Å²) in [7, 11) is 0. The van der Waals surface area contributed by atoms with Crippen LogP contribution in [0.1, 0.15) is 17.5 Å². The summed E-state index contributed by atoms with van der Waals surface area (Å²) in [6.45, 7) is 0.475. The van der Waals surface area contributed by atoms with Crippen molar-refractivity contribution < 1.29 is 9.53 Å². The third-order valence-corrected chi connectivity index (χ3v) is 3.15. The second kappa shape index (κ2) is 2.50. The lowest BCUT2D eigenvalue weighted by Crippen LogP contribution is -2.38. The number of aryl methyl sites for hydroxylation is 1. The minimum Gasteiger partial charge on any atom is -0.447 e. The van der Waals surface area contributed by atoms with E-state index >= 15 is 0 Å². The van der Waals surface area contributed by atoms with Gasteiger partial charge in [0, 0.05) is 0 Å². The Labute approximate surface area is 82.1 Å². The zero-order valence-corrected chi connectivity index (χ0v) is 7.75. The highest BCUT2D eigenvalue weighted by atomic mass is 16.6. The number of cyclic esters (lactones) is 1. The van der Waals surface area contributed by atoms with E-state index in [1.54, 1.807) is 0 Å². The number of amides is 1. The van der Waals surface area contributed by atoms with Gasteiger partial charge < -0.3 is 10.1 Å². The van der Waals surface area contributed by atoms with Crippen molar-refractivity contribution in [1.29, 1.82) is 0 Å². The molecule has 1 spiro atoms. The molecule has 1 aliphatic carbocycles. The summed E-state index contributed by atoms with van der Waals surface area (Å²) in [5.41, 5.74) is 2.33. The van der Waals surface area contributed by atoms with Crippen LogP contribution in [0.3, 0.4) is 0 Å². The fourth-order valence-electron chi connectivity index (χ4n) is 2.42. The van der Waals surface area contributed by atoms with Crippen LogP contribution < -0.4 is 5.32 Å². The predicted octanol–water partition coefficient (Wildman–Crippen LogP) is 1.57. The zero-order chi connectivity index (χ0) is 9.60. The van der Waals surface area contributed by atoms with Crippen molar-refractivity contribution in [3.63, 3.8) is 0 Å². The molecule has 1 unspecified atom stereocenters. The molecule has 1 aromatic carbocycles. The number of hydrogen-bond donors (Lipinski definition) is 1. The predicted molar refractivity (Wildman–Crippen MR) is 50.9 cm³/mol. The van der Waals surface area contributed by atoms with Gasteiger partial charge in [0.15, 0.2) is 0 Å². The Balaban J connectivity index is 2.09. The van der Waals surface area contributed by atoms with Crippen molar-refractivity contribution in [2.24, 2.45) is 0 Å². The molecule has 1 aromatic rings. The molecule has 1 N–H and O–H groups in total. The monoisotopic (exact) mass is 189 g/mol. The third kappa shape index (κ3) is 0.895. The summed E-state index contributed by atoms with van der Waals surface area (Å²) in [5.74, 6) is 0. The first kappa shape index (κ1) is 7.85. The van der Waals surface area contributed by atoms with Gasteiger partial charge >= 0.3 is 6.09 Å². The normalized spacial score (nSPS) is 28.7. The van der Waals surface area contributed by atoms with Crippen LogP contribution in [0.2, 0.25) is 0 Å². The lowest BCUT2D eigenvalue weighted by Gasteiger charge is -2.21. The number of carbonyl (C=O) groups is 1. The van der Waals surface area contributed by atoms with Gasteiger partial charge in [-0.25, -0.2) is 4.79 Å². The molecule has 0 bridgehead atoms. The number of rotatable bonds is 0. The van der Waals surface area contributed by atoms with E-state index < -0.39 is 0 Å². The van der Waals surface area contributed by atoms with E-state index in [1.165, 1.54) is 11.1 Å². The van der Waals surface area contributed by atoms with Crippen LogP contribution >= 0.6 is 0 Å². The van der Waals surface area contributed by atoms with Crippen molar-refractivity contribution in [1.82, 2.24) is 5.32 Å². The van der Waals surface area contributed by atoms with E-state index in [4.69, 9.17) is 4.74 Å². The number of carbonyl (C=O) groups excluding carboxylic acids is 1. The second-order valence-corrected chi connectivity index (χ2v) is 3.94. The molecule has 0 aromatic heterocycles. The number of benzene rings is 1. The molecule has 1 fully saturated rings. The van der Waals surface area contributed by atoms with Gasteiger partial charge in [0.1, 0.15) is 12.1 Å². The Kier molecular flexibility index (Phi) is 1.40. The van der Waals surface area contributed by atoms with Gasteiger partial charge in [-0.05, 0) is 24.0 Å². The molecule has 1 heterocycles. The maximum Gasteiger partial charge on any atom is 0.408 e. The summed E-state index contributed by atoms with van der Waals surface area (Å²) in [5, 5.41) is 2.92. The smallest absolute Gasteiger partial charge is 0.408 e. The molecule has 3 nitrogen and oxygen atoms in total. The molecule has 1 saturated heterocycles. The highest BCUT2D eigenvalue weighted by Crippen LogP contribution is 2.39. The van der Waals surface area contributed by atoms with Crippen LogP contribution in [0.5, 0.6) is 0 Å². The van der Waals surface area contributed by atoms with E-state index in [9.17, 15) is 4.79 Å². The van der Waals surface area contributed by atoms with Crippen molar-refractivity contribution in [3.8, 4) is 0 Å².